The van der Waals surface area contributed by atoms with Gasteiger partial charge in [-0.3, -0.25) is 14.9 Å². The van der Waals surface area contributed by atoms with Crippen LogP contribution in [0.25, 0.3) is 0 Å². The molecule has 1 heterocycles. The van der Waals surface area contributed by atoms with Crippen molar-refractivity contribution in [3.05, 3.63) is 56.1 Å². The fraction of sp³-hybridized carbons (Fsp3) is 0.188. The molecule has 0 aromatic heterocycles. The van der Waals surface area contributed by atoms with E-state index in [1.165, 1.54) is 12.1 Å². The lowest BCUT2D eigenvalue weighted by Crippen LogP contribution is -2.13. The minimum atomic E-state index is -0.620. The van der Waals surface area contributed by atoms with Gasteiger partial charge in [0.1, 0.15) is 0 Å². The van der Waals surface area contributed by atoms with Gasteiger partial charge < -0.3 is 14.8 Å². The van der Waals surface area contributed by atoms with E-state index in [0.29, 0.717) is 30.4 Å². The molecule has 1 N–H and O–H groups in total. The van der Waals surface area contributed by atoms with Gasteiger partial charge in [-0.2, -0.15) is 0 Å². The number of benzene rings is 2. The van der Waals surface area contributed by atoms with E-state index in [-0.39, 0.29) is 21.3 Å². The monoisotopic (exact) mass is 382 g/mol. The predicted molar refractivity (Wildman–Crippen MR) is 93.1 cm³/mol. The van der Waals surface area contributed by atoms with Crippen LogP contribution in [0.1, 0.15) is 16.8 Å². The van der Waals surface area contributed by atoms with Crippen LogP contribution in [0.4, 0.5) is 11.4 Å². The van der Waals surface area contributed by atoms with Gasteiger partial charge in [-0.1, -0.05) is 23.2 Å². The number of nitro benzene ring substituents is 1. The number of nitrogens with zero attached hydrogens (tertiary/aromatic N) is 1. The highest BCUT2D eigenvalue weighted by Crippen LogP contribution is 2.38. The molecule has 1 aliphatic heterocycles. The SMILES string of the molecule is O=C(Nc1cc2c(cc1Cl)OCCCO2)c1cc([N+](=O)[O-])ccc1Cl. The van der Waals surface area contributed by atoms with Crippen molar-refractivity contribution in [1.29, 1.82) is 0 Å². The molecule has 1 aliphatic rings. The molecule has 0 fully saturated rings. The van der Waals surface area contributed by atoms with Crippen LogP contribution in [-0.2, 0) is 0 Å². The van der Waals surface area contributed by atoms with Gasteiger partial charge in [0, 0.05) is 30.7 Å². The lowest BCUT2D eigenvalue weighted by molar-refractivity contribution is -0.384. The van der Waals surface area contributed by atoms with Crippen LogP contribution in [0.5, 0.6) is 11.5 Å². The third-order valence-corrected chi connectivity index (χ3v) is 4.13. The van der Waals surface area contributed by atoms with Crippen molar-refractivity contribution >= 4 is 40.5 Å². The van der Waals surface area contributed by atoms with Crippen molar-refractivity contribution in [2.45, 2.75) is 6.42 Å². The number of hydrogen-bond acceptors (Lipinski definition) is 5. The number of carbonyl (C=O) groups is 1. The second kappa shape index (κ2) is 7.16. The summed E-state index contributed by atoms with van der Waals surface area (Å²) in [4.78, 5) is 22.7. The highest BCUT2D eigenvalue weighted by Gasteiger charge is 2.19. The minimum absolute atomic E-state index is 0.0287. The Bertz CT molecular complexity index is 857. The Morgan fingerprint density at radius 1 is 1.08 bits per heavy atom. The van der Waals surface area contributed by atoms with Crippen molar-refractivity contribution in [3.63, 3.8) is 0 Å². The van der Waals surface area contributed by atoms with Gasteiger partial charge in [0.15, 0.2) is 11.5 Å². The van der Waals surface area contributed by atoms with Gasteiger partial charge in [0.2, 0.25) is 0 Å². The summed E-state index contributed by atoms with van der Waals surface area (Å²) < 4.78 is 11.1. The fourth-order valence-corrected chi connectivity index (χ4v) is 2.67. The smallest absolute Gasteiger partial charge is 0.270 e. The second-order valence-electron chi connectivity index (χ2n) is 5.20. The number of carbonyl (C=O) groups excluding carboxylic acids is 1. The molecular formula is C16H12Cl2N2O5. The molecule has 0 unspecified atom stereocenters. The van der Waals surface area contributed by atoms with E-state index >= 15 is 0 Å². The van der Waals surface area contributed by atoms with E-state index in [2.05, 4.69) is 5.32 Å². The minimum Gasteiger partial charge on any atom is -0.490 e. The number of hydrogen-bond donors (Lipinski definition) is 1. The van der Waals surface area contributed by atoms with E-state index in [0.717, 1.165) is 12.5 Å². The molecule has 7 nitrogen and oxygen atoms in total. The highest BCUT2D eigenvalue weighted by atomic mass is 35.5. The zero-order valence-electron chi connectivity index (χ0n) is 12.8. The van der Waals surface area contributed by atoms with Crippen LogP contribution in [0.2, 0.25) is 10.0 Å². The largest absolute Gasteiger partial charge is 0.490 e. The predicted octanol–water partition coefficient (Wildman–Crippen LogP) is 4.32. The van der Waals surface area contributed by atoms with E-state index in [1.807, 2.05) is 0 Å². The summed E-state index contributed by atoms with van der Waals surface area (Å²) in [6, 6.07) is 6.72. The quantitative estimate of drug-likeness (QED) is 0.630. The number of anilines is 1. The number of nitrogens with one attached hydrogen (secondary N) is 1. The van der Waals surface area contributed by atoms with Gasteiger partial charge in [-0.15, -0.1) is 0 Å². The summed E-state index contributed by atoms with van der Waals surface area (Å²) in [5, 5.41) is 13.8. The Hall–Kier alpha value is -2.51. The first kappa shape index (κ1) is 17.3. The first-order valence-corrected chi connectivity index (χ1v) is 8.06. The molecule has 0 saturated carbocycles. The summed E-state index contributed by atoms with van der Waals surface area (Å²) >= 11 is 12.2. The maximum Gasteiger partial charge on any atom is 0.270 e. The van der Waals surface area contributed by atoms with Crippen molar-refractivity contribution < 1.29 is 19.2 Å². The summed E-state index contributed by atoms with van der Waals surface area (Å²) in [5.41, 5.74) is 0.0249. The van der Waals surface area contributed by atoms with Crippen molar-refractivity contribution in [2.75, 3.05) is 18.5 Å². The molecule has 2 aromatic rings. The molecular weight excluding hydrogens is 371 g/mol. The maximum absolute atomic E-state index is 12.4. The van der Waals surface area contributed by atoms with Crippen molar-refractivity contribution in [2.24, 2.45) is 0 Å². The lowest BCUT2D eigenvalue weighted by Gasteiger charge is -2.13. The number of ether oxygens (including phenoxy) is 2. The third-order valence-electron chi connectivity index (χ3n) is 3.49. The number of halogens is 2. The van der Waals surface area contributed by atoms with E-state index in [9.17, 15) is 14.9 Å². The fourth-order valence-electron chi connectivity index (χ4n) is 2.27. The number of non-ortho nitro benzene ring substituents is 1. The highest BCUT2D eigenvalue weighted by molar-refractivity contribution is 6.36. The molecule has 3 rings (SSSR count). The standard InChI is InChI=1S/C16H12Cl2N2O5/c17-11-3-2-9(20(22)23)6-10(11)16(21)19-13-8-15-14(7-12(13)18)24-4-1-5-25-15/h2-3,6-8H,1,4-5H2,(H,19,21). The molecule has 1 amide bonds. The summed E-state index contributed by atoms with van der Waals surface area (Å²) in [7, 11) is 0. The summed E-state index contributed by atoms with van der Waals surface area (Å²) in [6.07, 6.45) is 0.733. The van der Waals surface area contributed by atoms with Crippen molar-refractivity contribution in [1.82, 2.24) is 0 Å². The number of rotatable bonds is 3. The zero-order chi connectivity index (χ0) is 18.0. The average molecular weight is 383 g/mol. The molecule has 25 heavy (non-hydrogen) atoms. The number of amides is 1. The van der Waals surface area contributed by atoms with E-state index < -0.39 is 10.8 Å². The van der Waals surface area contributed by atoms with E-state index in [4.69, 9.17) is 32.7 Å². The first-order valence-electron chi connectivity index (χ1n) is 7.30. The zero-order valence-corrected chi connectivity index (χ0v) is 14.3. The van der Waals surface area contributed by atoms with Crippen LogP contribution >= 0.6 is 23.2 Å². The van der Waals surface area contributed by atoms with E-state index in [1.54, 1.807) is 12.1 Å². The van der Waals surface area contributed by atoms with Gasteiger partial charge in [-0.25, -0.2) is 0 Å². The molecule has 9 heteroatoms. The number of fused-ring (bicyclic) bond motifs is 1. The maximum atomic E-state index is 12.4. The van der Waals surface area contributed by atoms with Crippen LogP contribution < -0.4 is 14.8 Å². The van der Waals surface area contributed by atoms with Gasteiger partial charge in [0.25, 0.3) is 11.6 Å². The first-order chi connectivity index (χ1) is 12.0. The van der Waals surface area contributed by atoms with Gasteiger partial charge in [0.05, 0.1) is 39.4 Å². The average Bonchev–Trinajstić information content (AvgIpc) is 2.80. The Labute approximate surface area is 152 Å². The molecule has 0 saturated heterocycles. The van der Waals surface area contributed by atoms with Crippen LogP contribution in [0.15, 0.2) is 30.3 Å². The Kier molecular flexibility index (Phi) is 4.96. The molecule has 0 spiro atoms. The number of nitro groups is 1. The molecule has 2 aromatic carbocycles. The molecule has 0 bridgehead atoms. The Balaban J connectivity index is 1.90. The molecule has 0 atom stereocenters. The van der Waals surface area contributed by atoms with Crippen LogP contribution in [0.3, 0.4) is 0 Å². The van der Waals surface area contributed by atoms with Crippen LogP contribution in [-0.4, -0.2) is 24.0 Å². The van der Waals surface area contributed by atoms with Gasteiger partial charge >= 0.3 is 0 Å². The lowest BCUT2D eigenvalue weighted by atomic mass is 10.1. The summed E-state index contributed by atoms with van der Waals surface area (Å²) in [5.74, 6) is 0.335. The molecule has 0 aliphatic carbocycles. The Morgan fingerprint density at radius 2 is 1.76 bits per heavy atom. The summed E-state index contributed by atoms with van der Waals surface area (Å²) in [6.45, 7) is 0.997. The normalized spacial score (nSPS) is 13.0. The third kappa shape index (κ3) is 3.78. The Morgan fingerprint density at radius 3 is 2.44 bits per heavy atom. The van der Waals surface area contributed by atoms with Gasteiger partial charge in [-0.05, 0) is 6.07 Å². The second-order valence-corrected chi connectivity index (χ2v) is 6.02. The van der Waals surface area contributed by atoms with Crippen LogP contribution in [0, 0.1) is 10.1 Å². The molecule has 0 radical (unpaired) electrons. The topological polar surface area (TPSA) is 90.7 Å². The van der Waals surface area contributed by atoms with Crippen molar-refractivity contribution in [3.8, 4) is 11.5 Å². The molecule has 130 valence electrons.